The maximum Gasteiger partial charge on any atom is 0.219 e. The highest BCUT2D eigenvalue weighted by molar-refractivity contribution is 6.30. The number of benzene rings is 1. The van der Waals surface area contributed by atoms with E-state index < -0.39 is 0 Å². The van der Waals surface area contributed by atoms with E-state index in [4.69, 9.17) is 11.6 Å². The highest BCUT2D eigenvalue weighted by Gasteiger charge is 2.38. The molecule has 1 aromatic rings. The molecule has 1 fully saturated rings. The third-order valence-corrected chi connectivity index (χ3v) is 3.47. The van der Waals surface area contributed by atoms with Crippen molar-refractivity contribution in [2.75, 3.05) is 6.54 Å². The van der Waals surface area contributed by atoms with Gasteiger partial charge in [0.1, 0.15) is 0 Å². The molecule has 1 aromatic carbocycles. The molecule has 3 heteroatoms. The van der Waals surface area contributed by atoms with Crippen molar-refractivity contribution >= 4 is 17.5 Å². The topological polar surface area (TPSA) is 29.1 Å². The van der Waals surface area contributed by atoms with Crippen LogP contribution in [-0.2, 0) is 4.79 Å². The van der Waals surface area contributed by atoms with Crippen molar-refractivity contribution in [2.24, 2.45) is 5.92 Å². The fourth-order valence-corrected chi connectivity index (χ4v) is 2.38. The molecule has 2 atom stereocenters. The molecule has 17 heavy (non-hydrogen) atoms. The van der Waals surface area contributed by atoms with Gasteiger partial charge in [0.2, 0.25) is 5.91 Å². The normalized spacial score (nSPS) is 22.2. The van der Waals surface area contributed by atoms with Crippen LogP contribution in [0.1, 0.15) is 37.7 Å². The number of hydrogen-bond donors (Lipinski definition) is 1. The second-order valence-electron chi connectivity index (χ2n) is 4.71. The molecule has 0 saturated heterocycles. The first-order valence-corrected chi connectivity index (χ1v) is 6.60. The van der Waals surface area contributed by atoms with Crippen molar-refractivity contribution < 1.29 is 4.79 Å². The lowest BCUT2D eigenvalue weighted by Crippen LogP contribution is -2.25. The van der Waals surface area contributed by atoms with E-state index in [1.807, 2.05) is 25.1 Å². The van der Waals surface area contributed by atoms with Gasteiger partial charge in [-0.1, -0.05) is 30.7 Å². The zero-order valence-electron chi connectivity index (χ0n) is 10.1. The van der Waals surface area contributed by atoms with Gasteiger partial charge in [-0.15, -0.1) is 0 Å². The molecule has 0 heterocycles. The summed E-state index contributed by atoms with van der Waals surface area (Å²) in [7, 11) is 0. The summed E-state index contributed by atoms with van der Waals surface area (Å²) < 4.78 is 0. The van der Waals surface area contributed by atoms with Gasteiger partial charge in [0, 0.05) is 18.0 Å². The van der Waals surface area contributed by atoms with Crippen molar-refractivity contribution in [1.82, 2.24) is 5.32 Å². The summed E-state index contributed by atoms with van der Waals surface area (Å²) in [5.41, 5.74) is 1.30. The third-order valence-electron chi connectivity index (χ3n) is 3.24. The smallest absolute Gasteiger partial charge is 0.219 e. The Labute approximate surface area is 107 Å². The minimum absolute atomic E-state index is 0.171. The molecule has 92 valence electrons. The molecule has 1 saturated carbocycles. The van der Waals surface area contributed by atoms with Gasteiger partial charge in [-0.05, 0) is 42.4 Å². The monoisotopic (exact) mass is 251 g/mol. The van der Waals surface area contributed by atoms with Crippen LogP contribution in [-0.4, -0.2) is 12.5 Å². The Bertz CT molecular complexity index is 405. The summed E-state index contributed by atoms with van der Waals surface area (Å²) >= 11 is 5.96. The molecule has 1 aliphatic rings. The largest absolute Gasteiger partial charge is 0.356 e. The minimum atomic E-state index is 0.171. The third kappa shape index (κ3) is 3.47. The van der Waals surface area contributed by atoms with Crippen LogP contribution in [0.5, 0.6) is 0 Å². The molecule has 1 aliphatic carbocycles. The molecule has 2 rings (SSSR count). The first-order valence-electron chi connectivity index (χ1n) is 6.23. The molecule has 0 aliphatic heterocycles. The van der Waals surface area contributed by atoms with Crippen molar-refractivity contribution in [3.63, 3.8) is 0 Å². The number of carbonyl (C=O) groups excluding carboxylic acids is 1. The first kappa shape index (κ1) is 12.4. The Balaban J connectivity index is 1.79. The Kier molecular flexibility index (Phi) is 4.06. The number of hydrogen-bond acceptors (Lipinski definition) is 1. The zero-order valence-corrected chi connectivity index (χ0v) is 10.8. The Morgan fingerprint density at radius 2 is 2.35 bits per heavy atom. The standard InChI is InChI=1S/C14H18ClNO/c1-2-4-14(17)16-9-11-8-13(11)10-5-3-6-12(15)7-10/h3,5-7,11,13H,2,4,8-9H2,1H3,(H,16,17)/t11-,13-/m0/s1. The van der Waals surface area contributed by atoms with Gasteiger partial charge in [-0.3, -0.25) is 4.79 Å². The molecular weight excluding hydrogens is 234 g/mol. The van der Waals surface area contributed by atoms with Gasteiger partial charge in [0.25, 0.3) is 0 Å². The highest BCUT2D eigenvalue weighted by Crippen LogP contribution is 2.47. The van der Waals surface area contributed by atoms with Gasteiger partial charge in [0.05, 0.1) is 0 Å². The second kappa shape index (κ2) is 5.54. The van der Waals surface area contributed by atoms with Crippen LogP contribution in [0.4, 0.5) is 0 Å². The van der Waals surface area contributed by atoms with Crippen molar-refractivity contribution in [3.8, 4) is 0 Å². The van der Waals surface area contributed by atoms with E-state index in [9.17, 15) is 4.79 Å². The lowest BCUT2D eigenvalue weighted by molar-refractivity contribution is -0.121. The van der Waals surface area contributed by atoms with Crippen LogP contribution in [0.2, 0.25) is 5.02 Å². The van der Waals surface area contributed by atoms with Gasteiger partial charge in [-0.25, -0.2) is 0 Å². The Morgan fingerprint density at radius 1 is 1.53 bits per heavy atom. The molecule has 2 nitrogen and oxygen atoms in total. The summed E-state index contributed by atoms with van der Waals surface area (Å²) in [6, 6.07) is 8.03. The molecule has 0 bridgehead atoms. The maximum atomic E-state index is 11.3. The minimum Gasteiger partial charge on any atom is -0.356 e. The fraction of sp³-hybridized carbons (Fsp3) is 0.500. The van der Waals surface area contributed by atoms with Crippen LogP contribution in [0.15, 0.2) is 24.3 Å². The lowest BCUT2D eigenvalue weighted by Gasteiger charge is -2.04. The summed E-state index contributed by atoms with van der Waals surface area (Å²) in [6.45, 7) is 2.82. The Morgan fingerprint density at radius 3 is 3.06 bits per heavy atom. The molecule has 0 aromatic heterocycles. The molecule has 1 amide bonds. The summed E-state index contributed by atoms with van der Waals surface area (Å²) in [5, 5.41) is 3.78. The lowest BCUT2D eigenvalue weighted by atomic mass is 10.1. The quantitative estimate of drug-likeness (QED) is 0.854. The predicted molar refractivity (Wildman–Crippen MR) is 70.2 cm³/mol. The number of amides is 1. The van der Waals surface area contributed by atoms with Crippen LogP contribution in [0.25, 0.3) is 0 Å². The summed E-state index contributed by atoms with van der Waals surface area (Å²) in [5.74, 6) is 1.34. The Hall–Kier alpha value is -1.02. The van der Waals surface area contributed by atoms with Crippen LogP contribution in [0.3, 0.4) is 0 Å². The van der Waals surface area contributed by atoms with Crippen molar-refractivity contribution in [3.05, 3.63) is 34.9 Å². The van der Waals surface area contributed by atoms with E-state index in [-0.39, 0.29) is 5.91 Å². The van der Waals surface area contributed by atoms with E-state index in [1.165, 1.54) is 5.56 Å². The number of nitrogens with one attached hydrogen (secondary N) is 1. The predicted octanol–water partition coefficient (Wildman–Crippen LogP) is 3.36. The summed E-state index contributed by atoms with van der Waals surface area (Å²) in [4.78, 5) is 11.3. The van der Waals surface area contributed by atoms with Gasteiger partial charge in [-0.2, -0.15) is 0 Å². The van der Waals surface area contributed by atoms with E-state index in [1.54, 1.807) is 0 Å². The van der Waals surface area contributed by atoms with Crippen LogP contribution in [0, 0.1) is 5.92 Å². The van der Waals surface area contributed by atoms with Gasteiger partial charge >= 0.3 is 0 Å². The molecular formula is C14H18ClNO. The SMILES string of the molecule is CCCC(=O)NC[C@@H]1C[C@H]1c1cccc(Cl)c1. The zero-order chi connectivity index (χ0) is 12.3. The number of halogens is 1. The van der Waals surface area contributed by atoms with Gasteiger partial charge < -0.3 is 5.32 Å². The van der Waals surface area contributed by atoms with Crippen LogP contribution < -0.4 is 5.32 Å². The second-order valence-corrected chi connectivity index (χ2v) is 5.15. The number of rotatable bonds is 5. The average Bonchev–Trinajstić information content (AvgIpc) is 3.06. The summed E-state index contributed by atoms with van der Waals surface area (Å²) in [6.07, 6.45) is 2.70. The van der Waals surface area contributed by atoms with Crippen molar-refractivity contribution in [2.45, 2.75) is 32.1 Å². The molecule has 0 unspecified atom stereocenters. The van der Waals surface area contributed by atoms with E-state index in [0.29, 0.717) is 18.3 Å². The van der Waals surface area contributed by atoms with E-state index >= 15 is 0 Å². The first-order chi connectivity index (χ1) is 8.20. The molecule has 0 spiro atoms. The molecule has 1 N–H and O–H groups in total. The van der Waals surface area contributed by atoms with Gasteiger partial charge in [0.15, 0.2) is 0 Å². The van der Waals surface area contributed by atoms with E-state index in [2.05, 4.69) is 11.4 Å². The van der Waals surface area contributed by atoms with Crippen LogP contribution >= 0.6 is 11.6 Å². The number of carbonyl (C=O) groups is 1. The average molecular weight is 252 g/mol. The van der Waals surface area contributed by atoms with Crippen molar-refractivity contribution in [1.29, 1.82) is 0 Å². The fourth-order valence-electron chi connectivity index (χ4n) is 2.18. The molecule has 0 radical (unpaired) electrons. The van der Waals surface area contributed by atoms with E-state index in [0.717, 1.165) is 24.4 Å². The maximum absolute atomic E-state index is 11.3. The highest BCUT2D eigenvalue weighted by atomic mass is 35.5.